The highest BCUT2D eigenvalue weighted by Gasteiger charge is 2.23. The maximum absolute atomic E-state index is 12.5. The van der Waals surface area contributed by atoms with Crippen LogP contribution in [0, 0.1) is 5.92 Å². The molecule has 0 saturated heterocycles. The van der Waals surface area contributed by atoms with Gasteiger partial charge in [0.2, 0.25) is 11.8 Å². The molecule has 27 heavy (non-hydrogen) atoms. The third-order valence-electron chi connectivity index (χ3n) is 5.02. The molecule has 1 aromatic heterocycles. The van der Waals surface area contributed by atoms with Gasteiger partial charge in [-0.3, -0.25) is 9.59 Å². The highest BCUT2D eigenvalue weighted by atomic mass is 35.5. The van der Waals surface area contributed by atoms with Crippen molar-refractivity contribution in [1.29, 1.82) is 0 Å². The van der Waals surface area contributed by atoms with E-state index in [2.05, 4.69) is 15.6 Å². The van der Waals surface area contributed by atoms with Crippen LogP contribution in [-0.4, -0.2) is 27.9 Å². The minimum atomic E-state index is -0.415. The van der Waals surface area contributed by atoms with E-state index >= 15 is 0 Å². The molecule has 2 aromatic rings. The Morgan fingerprint density at radius 2 is 1.93 bits per heavy atom. The Morgan fingerprint density at radius 3 is 2.56 bits per heavy atom. The van der Waals surface area contributed by atoms with E-state index in [1.165, 1.54) is 6.42 Å². The number of benzene rings is 1. The summed E-state index contributed by atoms with van der Waals surface area (Å²) in [4.78, 5) is 29.1. The van der Waals surface area contributed by atoms with Crippen molar-refractivity contribution in [2.75, 3.05) is 6.54 Å². The number of carbonyl (C=O) groups is 2. The number of aromatic nitrogens is 2. The van der Waals surface area contributed by atoms with Crippen molar-refractivity contribution in [3.05, 3.63) is 53.1 Å². The van der Waals surface area contributed by atoms with Crippen molar-refractivity contribution in [3.63, 3.8) is 0 Å². The SMILES string of the molecule is Cn1ccnc1[C@H](NC(=O)CNC(=O)C1CCCCC1)c1ccc(Cl)cc1. The molecule has 144 valence electrons. The van der Waals surface area contributed by atoms with Crippen LogP contribution in [0.5, 0.6) is 0 Å². The Kier molecular flexibility index (Phi) is 6.50. The Bertz CT molecular complexity index is 782. The maximum atomic E-state index is 12.5. The van der Waals surface area contributed by atoms with Crippen LogP contribution in [0.1, 0.15) is 49.5 Å². The van der Waals surface area contributed by atoms with Crippen LogP contribution in [0.4, 0.5) is 0 Å². The average Bonchev–Trinajstić information content (AvgIpc) is 3.11. The van der Waals surface area contributed by atoms with Crippen LogP contribution < -0.4 is 10.6 Å². The molecule has 1 saturated carbocycles. The van der Waals surface area contributed by atoms with Crippen LogP contribution in [0.2, 0.25) is 5.02 Å². The van der Waals surface area contributed by atoms with Crippen LogP contribution >= 0.6 is 11.6 Å². The van der Waals surface area contributed by atoms with E-state index in [1.54, 1.807) is 18.3 Å². The summed E-state index contributed by atoms with van der Waals surface area (Å²) in [6, 6.07) is 6.88. The van der Waals surface area contributed by atoms with E-state index in [0.717, 1.165) is 31.2 Å². The second-order valence-electron chi connectivity index (χ2n) is 7.00. The molecule has 1 aromatic carbocycles. The molecule has 0 radical (unpaired) electrons. The van der Waals surface area contributed by atoms with Gasteiger partial charge in [0, 0.05) is 30.4 Å². The van der Waals surface area contributed by atoms with Gasteiger partial charge in [-0.25, -0.2) is 4.98 Å². The summed E-state index contributed by atoms with van der Waals surface area (Å²) in [5.41, 5.74) is 0.876. The molecular formula is C20H25ClN4O2. The molecule has 6 nitrogen and oxygen atoms in total. The van der Waals surface area contributed by atoms with Crippen molar-refractivity contribution in [2.24, 2.45) is 13.0 Å². The topological polar surface area (TPSA) is 76.0 Å². The van der Waals surface area contributed by atoms with Gasteiger partial charge in [0.1, 0.15) is 11.9 Å². The average molecular weight is 389 g/mol. The van der Waals surface area contributed by atoms with Crippen molar-refractivity contribution >= 4 is 23.4 Å². The zero-order valence-electron chi connectivity index (χ0n) is 15.5. The van der Waals surface area contributed by atoms with Crippen molar-refractivity contribution in [3.8, 4) is 0 Å². The van der Waals surface area contributed by atoms with E-state index in [0.29, 0.717) is 10.8 Å². The zero-order chi connectivity index (χ0) is 19.2. The predicted molar refractivity (Wildman–Crippen MR) is 104 cm³/mol. The maximum Gasteiger partial charge on any atom is 0.240 e. The first-order valence-corrected chi connectivity index (χ1v) is 9.72. The molecule has 1 fully saturated rings. The third-order valence-corrected chi connectivity index (χ3v) is 5.28. The number of nitrogens with one attached hydrogen (secondary N) is 2. The summed E-state index contributed by atoms with van der Waals surface area (Å²) in [5, 5.41) is 6.38. The van der Waals surface area contributed by atoms with E-state index in [4.69, 9.17) is 11.6 Å². The first kappa shape index (κ1) is 19.4. The Morgan fingerprint density at radius 1 is 1.22 bits per heavy atom. The van der Waals surface area contributed by atoms with Gasteiger partial charge in [-0.05, 0) is 30.5 Å². The standard InChI is InChI=1S/C20H25ClN4O2/c1-25-12-11-22-19(25)18(14-7-9-16(21)10-8-14)24-17(26)13-23-20(27)15-5-3-2-4-6-15/h7-12,15,18H,2-6,13H2,1H3,(H,23,27)(H,24,26)/t18-/m1/s1. The number of rotatable bonds is 6. The van der Waals surface area contributed by atoms with Crippen LogP contribution in [0.15, 0.2) is 36.7 Å². The quantitative estimate of drug-likeness (QED) is 0.798. The summed E-state index contributed by atoms with van der Waals surface area (Å²) in [7, 11) is 1.88. The predicted octanol–water partition coefficient (Wildman–Crippen LogP) is 2.98. The lowest BCUT2D eigenvalue weighted by Crippen LogP contribution is -2.41. The van der Waals surface area contributed by atoms with Gasteiger partial charge >= 0.3 is 0 Å². The molecule has 1 heterocycles. The van der Waals surface area contributed by atoms with Crippen molar-refractivity contribution in [2.45, 2.75) is 38.1 Å². The summed E-state index contributed by atoms with van der Waals surface area (Å²) in [6.07, 6.45) is 8.70. The fraction of sp³-hybridized carbons (Fsp3) is 0.450. The van der Waals surface area contributed by atoms with E-state index in [-0.39, 0.29) is 24.3 Å². The molecule has 2 N–H and O–H groups in total. The van der Waals surface area contributed by atoms with Crippen LogP contribution in [0.25, 0.3) is 0 Å². The molecule has 3 rings (SSSR count). The molecule has 0 bridgehead atoms. The largest absolute Gasteiger partial charge is 0.347 e. The second kappa shape index (κ2) is 9.04. The summed E-state index contributed by atoms with van der Waals surface area (Å²) in [6.45, 7) is -0.0379. The van der Waals surface area contributed by atoms with E-state index in [1.807, 2.05) is 29.9 Å². The minimum Gasteiger partial charge on any atom is -0.347 e. The molecule has 7 heteroatoms. The van der Waals surface area contributed by atoms with E-state index in [9.17, 15) is 9.59 Å². The van der Waals surface area contributed by atoms with Crippen LogP contribution in [-0.2, 0) is 16.6 Å². The van der Waals surface area contributed by atoms with Gasteiger partial charge in [-0.2, -0.15) is 0 Å². The number of aryl methyl sites for hydroxylation is 1. The number of halogens is 1. The smallest absolute Gasteiger partial charge is 0.240 e. The Hall–Kier alpha value is -2.34. The lowest BCUT2D eigenvalue weighted by atomic mass is 9.89. The minimum absolute atomic E-state index is 0.0233. The Labute approximate surface area is 164 Å². The first-order chi connectivity index (χ1) is 13.0. The van der Waals surface area contributed by atoms with Gasteiger partial charge in [0.25, 0.3) is 0 Å². The number of nitrogens with zero attached hydrogens (tertiary/aromatic N) is 2. The number of imidazole rings is 1. The lowest BCUT2D eigenvalue weighted by molar-refractivity contribution is -0.129. The first-order valence-electron chi connectivity index (χ1n) is 9.34. The highest BCUT2D eigenvalue weighted by Crippen LogP contribution is 2.24. The van der Waals surface area contributed by atoms with Gasteiger partial charge in [-0.15, -0.1) is 0 Å². The Balaban J connectivity index is 1.65. The van der Waals surface area contributed by atoms with Crippen molar-refractivity contribution < 1.29 is 9.59 Å². The highest BCUT2D eigenvalue weighted by molar-refractivity contribution is 6.30. The molecule has 1 atom stereocenters. The summed E-state index contributed by atoms with van der Waals surface area (Å²) in [5.74, 6) is 0.476. The van der Waals surface area contributed by atoms with Gasteiger partial charge in [-0.1, -0.05) is 43.0 Å². The molecule has 1 aliphatic rings. The van der Waals surface area contributed by atoms with Gasteiger partial charge < -0.3 is 15.2 Å². The van der Waals surface area contributed by atoms with E-state index < -0.39 is 6.04 Å². The number of hydrogen-bond acceptors (Lipinski definition) is 3. The second-order valence-corrected chi connectivity index (χ2v) is 7.44. The molecule has 1 aliphatic carbocycles. The van der Waals surface area contributed by atoms with Crippen molar-refractivity contribution in [1.82, 2.24) is 20.2 Å². The fourth-order valence-electron chi connectivity index (χ4n) is 3.50. The molecule has 2 amide bonds. The molecule has 0 spiro atoms. The number of amides is 2. The summed E-state index contributed by atoms with van der Waals surface area (Å²) >= 11 is 5.98. The van der Waals surface area contributed by atoms with Gasteiger partial charge in [0.05, 0.1) is 6.54 Å². The molecule has 0 unspecified atom stereocenters. The molecule has 0 aliphatic heterocycles. The van der Waals surface area contributed by atoms with Gasteiger partial charge in [0.15, 0.2) is 0 Å². The zero-order valence-corrected chi connectivity index (χ0v) is 16.2. The number of carbonyl (C=O) groups excluding carboxylic acids is 2. The third kappa shape index (κ3) is 5.10. The fourth-order valence-corrected chi connectivity index (χ4v) is 3.62. The van der Waals surface area contributed by atoms with Crippen LogP contribution in [0.3, 0.4) is 0 Å². The summed E-state index contributed by atoms with van der Waals surface area (Å²) < 4.78 is 1.86. The lowest BCUT2D eigenvalue weighted by Gasteiger charge is -2.22. The molecular weight excluding hydrogens is 364 g/mol. The monoisotopic (exact) mass is 388 g/mol. The number of hydrogen-bond donors (Lipinski definition) is 2. The normalized spacial score (nSPS) is 15.9.